The number of benzene rings is 1. The highest BCUT2D eigenvalue weighted by Gasteiger charge is 2.18. The van der Waals surface area contributed by atoms with Gasteiger partial charge in [-0.25, -0.2) is 0 Å². The summed E-state index contributed by atoms with van der Waals surface area (Å²) in [4.78, 5) is 0. The van der Waals surface area contributed by atoms with Crippen molar-refractivity contribution in [3.05, 3.63) is 29.8 Å². The lowest BCUT2D eigenvalue weighted by Crippen LogP contribution is -2.23. The van der Waals surface area contributed by atoms with Gasteiger partial charge in [0.2, 0.25) is 0 Å². The first-order valence-electron chi connectivity index (χ1n) is 8.30. The van der Waals surface area contributed by atoms with Crippen molar-refractivity contribution in [2.75, 3.05) is 12.3 Å². The summed E-state index contributed by atoms with van der Waals surface area (Å²) < 4.78 is 5.72. The van der Waals surface area contributed by atoms with Gasteiger partial charge in [-0.3, -0.25) is 0 Å². The van der Waals surface area contributed by atoms with Gasteiger partial charge in [-0.2, -0.15) is 11.8 Å². The molecule has 1 atom stereocenters. The third-order valence-electron chi connectivity index (χ3n) is 3.91. The number of hydrogen-bond donors (Lipinski definition) is 1. The van der Waals surface area contributed by atoms with E-state index in [1.165, 1.54) is 37.0 Å². The van der Waals surface area contributed by atoms with Crippen molar-refractivity contribution in [2.24, 2.45) is 0 Å². The second-order valence-electron chi connectivity index (χ2n) is 6.09. The molecule has 1 aromatic carbocycles. The van der Waals surface area contributed by atoms with Gasteiger partial charge in [-0.05, 0) is 50.9 Å². The maximum atomic E-state index is 5.72. The third kappa shape index (κ3) is 5.55. The molecule has 2 rings (SSSR count). The van der Waals surface area contributed by atoms with E-state index in [0.717, 1.165) is 17.5 Å². The molecule has 1 unspecified atom stereocenters. The van der Waals surface area contributed by atoms with Gasteiger partial charge in [0.05, 0.1) is 6.10 Å². The van der Waals surface area contributed by atoms with Gasteiger partial charge in [0.1, 0.15) is 5.75 Å². The lowest BCUT2D eigenvalue weighted by atomic mass is 10.1. The van der Waals surface area contributed by atoms with Crippen LogP contribution in [0.5, 0.6) is 5.75 Å². The maximum Gasteiger partial charge on any atom is 0.119 e. The van der Waals surface area contributed by atoms with Crippen molar-refractivity contribution >= 4 is 11.8 Å². The van der Waals surface area contributed by atoms with E-state index >= 15 is 0 Å². The molecule has 0 aliphatic heterocycles. The Kier molecular flexibility index (Phi) is 6.91. The molecule has 0 spiro atoms. The Morgan fingerprint density at radius 3 is 2.43 bits per heavy atom. The van der Waals surface area contributed by atoms with Crippen LogP contribution in [0.2, 0.25) is 0 Å². The van der Waals surface area contributed by atoms with Crippen LogP contribution in [-0.4, -0.2) is 23.7 Å². The summed E-state index contributed by atoms with van der Waals surface area (Å²) in [6.07, 6.45) is 5.89. The van der Waals surface area contributed by atoms with E-state index in [2.05, 4.69) is 62.1 Å². The van der Waals surface area contributed by atoms with Gasteiger partial charge in [0.25, 0.3) is 0 Å². The van der Waals surface area contributed by atoms with Crippen molar-refractivity contribution in [1.29, 1.82) is 0 Å². The minimum atomic E-state index is 0.235. The second-order valence-corrected chi connectivity index (χ2v) is 7.42. The molecule has 3 heteroatoms. The summed E-state index contributed by atoms with van der Waals surface area (Å²) in [5.41, 5.74) is 1.37. The molecule has 1 aliphatic rings. The van der Waals surface area contributed by atoms with E-state index in [1.54, 1.807) is 0 Å². The van der Waals surface area contributed by atoms with E-state index in [9.17, 15) is 0 Å². The van der Waals surface area contributed by atoms with Gasteiger partial charge >= 0.3 is 0 Å². The van der Waals surface area contributed by atoms with Crippen LogP contribution in [0.3, 0.4) is 0 Å². The highest BCUT2D eigenvalue weighted by Crippen LogP contribution is 2.32. The largest absolute Gasteiger partial charge is 0.491 e. The van der Waals surface area contributed by atoms with Crippen LogP contribution in [0.15, 0.2) is 24.3 Å². The normalized spacial score (nSPS) is 17.3. The zero-order valence-corrected chi connectivity index (χ0v) is 14.4. The minimum Gasteiger partial charge on any atom is -0.491 e. The number of hydrogen-bond acceptors (Lipinski definition) is 3. The molecule has 1 aromatic rings. The SMILES string of the molecule is CCNC(CSC1CCCC1)c1ccc(OC(C)C)cc1. The van der Waals surface area contributed by atoms with Crippen molar-refractivity contribution < 1.29 is 4.74 Å². The molecule has 0 heterocycles. The Balaban J connectivity index is 1.92. The van der Waals surface area contributed by atoms with Gasteiger partial charge < -0.3 is 10.1 Å². The summed E-state index contributed by atoms with van der Waals surface area (Å²) in [5, 5.41) is 4.51. The maximum absolute atomic E-state index is 5.72. The summed E-state index contributed by atoms with van der Waals surface area (Å²) >= 11 is 2.15. The van der Waals surface area contributed by atoms with Crippen molar-refractivity contribution in [3.8, 4) is 5.75 Å². The van der Waals surface area contributed by atoms with Crippen LogP contribution in [0, 0.1) is 0 Å². The van der Waals surface area contributed by atoms with Crippen LogP contribution >= 0.6 is 11.8 Å². The topological polar surface area (TPSA) is 21.3 Å². The molecule has 1 N–H and O–H groups in total. The molecule has 2 nitrogen and oxygen atoms in total. The number of thioether (sulfide) groups is 1. The van der Waals surface area contributed by atoms with Crippen molar-refractivity contribution in [2.45, 2.75) is 63.9 Å². The Morgan fingerprint density at radius 1 is 1.19 bits per heavy atom. The smallest absolute Gasteiger partial charge is 0.119 e. The van der Waals surface area contributed by atoms with Crippen LogP contribution in [0.4, 0.5) is 0 Å². The fourth-order valence-electron chi connectivity index (χ4n) is 2.86. The quantitative estimate of drug-likeness (QED) is 0.745. The van der Waals surface area contributed by atoms with E-state index in [-0.39, 0.29) is 6.10 Å². The zero-order chi connectivity index (χ0) is 15.1. The molecule has 0 aromatic heterocycles. The number of rotatable bonds is 8. The first-order valence-corrected chi connectivity index (χ1v) is 9.35. The van der Waals surface area contributed by atoms with Crippen LogP contribution in [-0.2, 0) is 0 Å². The van der Waals surface area contributed by atoms with Crippen LogP contribution < -0.4 is 10.1 Å². The summed E-state index contributed by atoms with van der Waals surface area (Å²) in [7, 11) is 0. The highest BCUT2D eigenvalue weighted by molar-refractivity contribution is 7.99. The molecule has 1 fully saturated rings. The van der Waals surface area contributed by atoms with Crippen LogP contribution in [0.1, 0.15) is 58.1 Å². The van der Waals surface area contributed by atoms with Gasteiger partial charge in [0, 0.05) is 17.0 Å². The highest BCUT2D eigenvalue weighted by atomic mass is 32.2. The van der Waals surface area contributed by atoms with Gasteiger partial charge in [0.15, 0.2) is 0 Å². The molecular weight excluding hydrogens is 278 g/mol. The van der Waals surface area contributed by atoms with Gasteiger partial charge in [-0.15, -0.1) is 0 Å². The number of ether oxygens (including phenoxy) is 1. The first kappa shape index (κ1) is 16.7. The van der Waals surface area contributed by atoms with Gasteiger partial charge in [-0.1, -0.05) is 31.9 Å². The van der Waals surface area contributed by atoms with Crippen molar-refractivity contribution in [3.63, 3.8) is 0 Å². The monoisotopic (exact) mass is 307 g/mol. The Labute approximate surface area is 134 Å². The molecule has 1 saturated carbocycles. The predicted molar refractivity (Wildman–Crippen MR) is 93.3 cm³/mol. The molecule has 0 radical (unpaired) electrons. The standard InChI is InChI=1S/C18H29NOS/c1-4-19-18(13-21-17-7-5-6-8-17)15-9-11-16(12-10-15)20-14(2)3/h9-12,14,17-19H,4-8,13H2,1-3H3. The summed E-state index contributed by atoms with van der Waals surface area (Å²) in [5.74, 6) is 2.13. The van der Waals surface area contributed by atoms with E-state index in [4.69, 9.17) is 4.74 Å². The molecular formula is C18H29NOS. The van der Waals surface area contributed by atoms with Crippen LogP contribution in [0.25, 0.3) is 0 Å². The molecule has 0 saturated heterocycles. The minimum absolute atomic E-state index is 0.235. The van der Waals surface area contributed by atoms with E-state index in [0.29, 0.717) is 6.04 Å². The summed E-state index contributed by atoms with van der Waals surface area (Å²) in [6, 6.07) is 9.06. The average molecular weight is 308 g/mol. The summed E-state index contributed by atoms with van der Waals surface area (Å²) in [6.45, 7) is 7.32. The lowest BCUT2D eigenvalue weighted by Gasteiger charge is -2.20. The lowest BCUT2D eigenvalue weighted by molar-refractivity contribution is 0.242. The molecule has 21 heavy (non-hydrogen) atoms. The van der Waals surface area contributed by atoms with Crippen molar-refractivity contribution in [1.82, 2.24) is 5.32 Å². The number of nitrogens with one attached hydrogen (secondary N) is 1. The third-order valence-corrected chi connectivity index (χ3v) is 5.37. The zero-order valence-electron chi connectivity index (χ0n) is 13.6. The fourth-order valence-corrected chi connectivity index (χ4v) is 4.30. The second kappa shape index (κ2) is 8.70. The molecule has 1 aliphatic carbocycles. The Bertz CT molecular complexity index is 398. The van der Waals surface area contributed by atoms with E-state index in [1.807, 2.05) is 0 Å². The molecule has 0 bridgehead atoms. The average Bonchev–Trinajstić information content (AvgIpc) is 2.97. The molecule has 0 amide bonds. The predicted octanol–water partition coefficient (Wildman–Crippen LogP) is 4.80. The Hall–Kier alpha value is -0.670. The molecule has 118 valence electrons. The fraction of sp³-hybridized carbons (Fsp3) is 0.667. The Morgan fingerprint density at radius 2 is 1.86 bits per heavy atom. The first-order chi connectivity index (χ1) is 10.2. The van der Waals surface area contributed by atoms with E-state index < -0.39 is 0 Å².